The number of aryl methyl sites for hydroxylation is 1. The molecule has 0 fully saturated rings. The van der Waals surface area contributed by atoms with Crippen molar-refractivity contribution >= 4 is 27.7 Å². The van der Waals surface area contributed by atoms with Gasteiger partial charge in [-0.2, -0.15) is 0 Å². The molecule has 1 aromatic heterocycles. The molecule has 7 heteroatoms. The van der Waals surface area contributed by atoms with E-state index in [0.29, 0.717) is 21.1 Å². The highest BCUT2D eigenvalue weighted by atomic mass is 79.9. The van der Waals surface area contributed by atoms with Crippen LogP contribution in [0, 0.1) is 5.82 Å². The minimum atomic E-state index is -0.319. The fraction of sp³-hybridized carbons (Fsp3) is 0.200. The molecule has 17 heavy (non-hydrogen) atoms. The first kappa shape index (κ1) is 12.5. The molecule has 1 aromatic carbocycles. The summed E-state index contributed by atoms with van der Waals surface area (Å²) < 4.78 is 16.1. The van der Waals surface area contributed by atoms with E-state index in [1.54, 1.807) is 23.0 Å². The quantitative estimate of drug-likeness (QED) is 0.944. The summed E-state index contributed by atoms with van der Waals surface area (Å²) in [6, 6.07) is 3.49. The molecule has 2 N–H and O–H groups in total. The van der Waals surface area contributed by atoms with Gasteiger partial charge in [0.25, 0.3) is 0 Å². The van der Waals surface area contributed by atoms with Crippen molar-refractivity contribution in [2.24, 2.45) is 12.8 Å². The molecule has 0 aliphatic rings. The Morgan fingerprint density at radius 3 is 2.88 bits per heavy atom. The third-order valence-corrected chi connectivity index (χ3v) is 4.16. The van der Waals surface area contributed by atoms with Gasteiger partial charge >= 0.3 is 0 Å². The lowest BCUT2D eigenvalue weighted by molar-refractivity contribution is 0.591. The van der Waals surface area contributed by atoms with Gasteiger partial charge in [-0.1, -0.05) is 6.07 Å². The fourth-order valence-corrected chi connectivity index (χ4v) is 2.71. The summed E-state index contributed by atoms with van der Waals surface area (Å²) in [7, 11) is 1.81. The van der Waals surface area contributed by atoms with E-state index in [-0.39, 0.29) is 5.82 Å². The molecule has 0 spiro atoms. The van der Waals surface area contributed by atoms with Gasteiger partial charge in [0.1, 0.15) is 6.33 Å². The number of hydrogen-bond acceptors (Lipinski definition) is 4. The zero-order valence-electron chi connectivity index (χ0n) is 9.02. The van der Waals surface area contributed by atoms with E-state index in [2.05, 4.69) is 26.1 Å². The summed E-state index contributed by atoms with van der Waals surface area (Å²) in [5, 5.41) is 8.27. The summed E-state index contributed by atoms with van der Waals surface area (Å²) in [5.74, 6) is -0.319. The molecular formula is C10H10BrFN4S. The largest absolute Gasteiger partial charge is 0.326 e. The van der Waals surface area contributed by atoms with Crippen molar-refractivity contribution in [1.82, 2.24) is 14.8 Å². The van der Waals surface area contributed by atoms with Crippen molar-refractivity contribution in [1.29, 1.82) is 0 Å². The van der Waals surface area contributed by atoms with Crippen LogP contribution in [0.2, 0.25) is 0 Å². The number of nitrogens with two attached hydrogens (primary N) is 1. The highest BCUT2D eigenvalue weighted by molar-refractivity contribution is 9.10. The van der Waals surface area contributed by atoms with E-state index in [0.717, 1.165) is 5.56 Å². The Morgan fingerprint density at radius 1 is 1.53 bits per heavy atom. The van der Waals surface area contributed by atoms with Crippen molar-refractivity contribution in [2.75, 3.05) is 0 Å². The lowest BCUT2D eigenvalue weighted by Crippen LogP contribution is -2.00. The monoisotopic (exact) mass is 316 g/mol. The van der Waals surface area contributed by atoms with E-state index >= 15 is 0 Å². The van der Waals surface area contributed by atoms with Crippen LogP contribution < -0.4 is 5.73 Å². The van der Waals surface area contributed by atoms with Gasteiger partial charge in [0.2, 0.25) is 0 Å². The van der Waals surface area contributed by atoms with Crippen LogP contribution in [-0.4, -0.2) is 14.8 Å². The Kier molecular flexibility index (Phi) is 3.80. The molecule has 0 radical (unpaired) electrons. The van der Waals surface area contributed by atoms with Crippen molar-refractivity contribution < 1.29 is 4.39 Å². The highest BCUT2D eigenvalue weighted by Crippen LogP contribution is 2.33. The van der Waals surface area contributed by atoms with Crippen molar-refractivity contribution in [3.63, 3.8) is 0 Å². The summed E-state index contributed by atoms with van der Waals surface area (Å²) >= 11 is 4.43. The molecule has 2 rings (SSSR count). The molecule has 90 valence electrons. The van der Waals surface area contributed by atoms with Gasteiger partial charge in [-0.25, -0.2) is 4.39 Å². The normalized spacial score (nSPS) is 10.8. The first-order chi connectivity index (χ1) is 8.13. The van der Waals surface area contributed by atoms with E-state index in [9.17, 15) is 4.39 Å². The molecule has 0 aliphatic carbocycles. The maximum atomic E-state index is 14.0. The smallest absolute Gasteiger partial charge is 0.195 e. The Labute approximate surface area is 111 Å². The van der Waals surface area contributed by atoms with E-state index < -0.39 is 0 Å². The van der Waals surface area contributed by atoms with Crippen molar-refractivity contribution in [3.05, 3.63) is 34.3 Å². The predicted octanol–water partition coefficient (Wildman–Crippen LogP) is 2.33. The number of nitrogens with zero attached hydrogens (tertiary/aromatic N) is 3. The van der Waals surface area contributed by atoms with Crippen LogP contribution in [0.3, 0.4) is 0 Å². The van der Waals surface area contributed by atoms with Gasteiger partial charge in [0, 0.05) is 13.6 Å². The number of hydrogen-bond donors (Lipinski definition) is 1. The maximum absolute atomic E-state index is 14.0. The van der Waals surface area contributed by atoms with Gasteiger partial charge in [0.05, 0.1) is 9.37 Å². The number of halogens is 2. The summed E-state index contributed by atoms with van der Waals surface area (Å²) in [6.07, 6.45) is 1.57. The molecule has 0 amide bonds. The zero-order chi connectivity index (χ0) is 12.4. The zero-order valence-corrected chi connectivity index (χ0v) is 11.4. The maximum Gasteiger partial charge on any atom is 0.195 e. The Balaban J connectivity index is 2.35. The highest BCUT2D eigenvalue weighted by Gasteiger charge is 2.13. The van der Waals surface area contributed by atoms with Crippen LogP contribution in [0.4, 0.5) is 4.39 Å². The predicted molar refractivity (Wildman–Crippen MR) is 67.1 cm³/mol. The van der Waals surface area contributed by atoms with Crippen LogP contribution in [0.5, 0.6) is 0 Å². The molecule has 0 aliphatic heterocycles. The second kappa shape index (κ2) is 5.16. The standard InChI is InChI=1S/C10H10BrFN4S/c1-16-5-14-15-10(16)17-7-3-2-6(4-13)8(11)9(7)12/h2-3,5H,4,13H2,1H3. The Morgan fingerprint density at radius 2 is 2.29 bits per heavy atom. The summed E-state index contributed by atoms with van der Waals surface area (Å²) in [5.41, 5.74) is 6.24. The molecule has 0 atom stereocenters. The van der Waals surface area contributed by atoms with Gasteiger partial charge in [-0.05, 0) is 39.3 Å². The molecule has 0 saturated heterocycles. The second-order valence-electron chi connectivity index (χ2n) is 3.38. The van der Waals surface area contributed by atoms with Crippen LogP contribution >= 0.6 is 27.7 Å². The van der Waals surface area contributed by atoms with Crippen LogP contribution in [0.25, 0.3) is 0 Å². The van der Waals surface area contributed by atoms with E-state index in [4.69, 9.17) is 5.73 Å². The topological polar surface area (TPSA) is 56.7 Å². The average molecular weight is 317 g/mol. The van der Waals surface area contributed by atoms with E-state index in [1.165, 1.54) is 11.8 Å². The van der Waals surface area contributed by atoms with Crippen LogP contribution in [-0.2, 0) is 13.6 Å². The SMILES string of the molecule is Cn1cnnc1Sc1ccc(CN)c(Br)c1F. The second-order valence-corrected chi connectivity index (χ2v) is 5.18. The third kappa shape index (κ3) is 2.51. The molecule has 1 heterocycles. The van der Waals surface area contributed by atoms with Crippen molar-refractivity contribution in [2.45, 2.75) is 16.6 Å². The summed E-state index contributed by atoms with van der Waals surface area (Å²) in [4.78, 5) is 0.491. The Hall–Kier alpha value is -0.920. The first-order valence-corrected chi connectivity index (χ1v) is 6.43. The van der Waals surface area contributed by atoms with Gasteiger partial charge in [-0.15, -0.1) is 10.2 Å². The molecule has 0 saturated carbocycles. The Bertz CT molecular complexity index is 543. The first-order valence-electron chi connectivity index (χ1n) is 4.82. The number of aromatic nitrogens is 3. The average Bonchev–Trinajstić information content (AvgIpc) is 2.71. The minimum Gasteiger partial charge on any atom is -0.326 e. The molecule has 2 aromatic rings. The minimum absolute atomic E-state index is 0.298. The summed E-state index contributed by atoms with van der Waals surface area (Å²) in [6.45, 7) is 0.298. The molecule has 4 nitrogen and oxygen atoms in total. The van der Waals surface area contributed by atoms with Crippen LogP contribution in [0.1, 0.15) is 5.56 Å². The van der Waals surface area contributed by atoms with Gasteiger partial charge in [0.15, 0.2) is 11.0 Å². The van der Waals surface area contributed by atoms with E-state index in [1.807, 2.05) is 7.05 Å². The number of rotatable bonds is 3. The number of benzene rings is 1. The molecule has 0 bridgehead atoms. The lowest BCUT2D eigenvalue weighted by Gasteiger charge is -2.07. The van der Waals surface area contributed by atoms with Crippen LogP contribution in [0.15, 0.2) is 33.0 Å². The third-order valence-electron chi connectivity index (χ3n) is 2.22. The molecule has 0 unspecified atom stereocenters. The van der Waals surface area contributed by atoms with Crippen molar-refractivity contribution in [3.8, 4) is 0 Å². The van der Waals surface area contributed by atoms with Gasteiger partial charge in [-0.3, -0.25) is 0 Å². The fourth-order valence-electron chi connectivity index (χ4n) is 1.27. The van der Waals surface area contributed by atoms with Gasteiger partial charge < -0.3 is 10.3 Å². The molecular weight excluding hydrogens is 307 g/mol. The lowest BCUT2D eigenvalue weighted by atomic mass is 10.2.